The first-order valence-electron chi connectivity index (χ1n) is 3.21. The molecule has 0 atom stereocenters. The van der Waals surface area contributed by atoms with Crippen molar-refractivity contribution < 1.29 is 0 Å². The molecule has 0 saturated carbocycles. The number of nitrogens with two attached hydrogens (primary N) is 1. The van der Waals surface area contributed by atoms with Crippen molar-refractivity contribution in [3.8, 4) is 0 Å². The van der Waals surface area contributed by atoms with Gasteiger partial charge in [0.05, 0.1) is 0 Å². The van der Waals surface area contributed by atoms with Gasteiger partial charge in [-0.2, -0.15) is 0 Å². The van der Waals surface area contributed by atoms with Crippen molar-refractivity contribution in [3.05, 3.63) is 12.7 Å². The molecule has 2 N–H and O–H groups in total. The minimum absolute atomic E-state index is 0.503. The van der Waals surface area contributed by atoms with E-state index in [1.165, 1.54) is 0 Å². The molecule has 0 aromatic heterocycles. The van der Waals surface area contributed by atoms with Crippen LogP contribution in [0.4, 0.5) is 0 Å². The van der Waals surface area contributed by atoms with Crippen LogP contribution in [0, 0.1) is 0 Å². The van der Waals surface area contributed by atoms with Gasteiger partial charge < -0.3 is 5.73 Å². The summed E-state index contributed by atoms with van der Waals surface area (Å²) in [6.07, 6.45) is 2.77. The fourth-order valence-electron chi connectivity index (χ4n) is 0.468. The van der Waals surface area contributed by atoms with E-state index in [1.54, 1.807) is 6.08 Å². The van der Waals surface area contributed by atoms with Crippen LogP contribution in [0.3, 0.4) is 0 Å². The predicted octanol–water partition coefficient (Wildman–Crippen LogP) is 0.982. The highest BCUT2D eigenvalue weighted by atomic mass is 14.8. The maximum Gasteiger partial charge on any atom is 0.0478 e. The van der Waals surface area contributed by atoms with Crippen molar-refractivity contribution in [2.24, 2.45) is 10.7 Å². The van der Waals surface area contributed by atoms with Crippen LogP contribution < -0.4 is 5.73 Å². The van der Waals surface area contributed by atoms with Gasteiger partial charge in [0, 0.05) is 18.8 Å². The molecule has 0 aliphatic rings. The summed E-state index contributed by atoms with van der Waals surface area (Å²) in [7, 11) is 0. The fraction of sp³-hybridized carbons (Fsp3) is 0.571. The third kappa shape index (κ3) is 3.91. The lowest BCUT2D eigenvalue weighted by atomic mass is 10.3. The molecular formula is C7H14N2. The van der Waals surface area contributed by atoms with E-state index in [0.717, 1.165) is 18.7 Å². The summed E-state index contributed by atoms with van der Waals surface area (Å²) in [4.78, 5) is 4.15. The highest BCUT2D eigenvalue weighted by Gasteiger charge is 1.84. The van der Waals surface area contributed by atoms with Crippen molar-refractivity contribution in [2.45, 2.75) is 13.3 Å². The predicted molar refractivity (Wildman–Crippen MR) is 41.8 cm³/mol. The van der Waals surface area contributed by atoms with E-state index in [0.29, 0.717) is 6.54 Å². The Kier molecular flexibility index (Phi) is 5.12. The van der Waals surface area contributed by atoms with Gasteiger partial charge in [-0.3, -0.25) is 4.99 Å². The highest BCUT2D eigenvalue weighted by molar-refractivity contribution is 5.95. The summed E-state index contributed by atoms with van der Waals surface area (Å²) in [5.74, 6) is 0. The van der Waals surface area contributed by atoms with Crippen molar-refractivity contribution in [1.82, 2.24) is 0 Å². The molecule has 0 aromatic rings. The topological polar surface area (TPSA) is 38.4 Å². The normalized spacial score (nSPS) is 11.6. The monoisotopic (exact) mass is 126 g/mol. The van der Waals surface area contributed by atoms with Crippen molar-refractivity contribution in [2.75, 3.05) is 13.1 Å². The summed E-state index contributed by atoms with van der Waals surface area (Å²) in [5.41, 5.74) is 6.22. The molecule has 0 aromatic carbocycles. The zero-order valence-electron chi connectivity index (χ0n) is 5.93. The lowest BCUT2D eigenvalue weighted by Crippen LogP contribution is -2.11. The van der Waals surface area contributed by atoms with Gasteiger partial charge in [0.25, 0.3) is 0 Å². The van der Waals surface area contributed by atoms with Gasteiger partial charge in [0.2, 0.25) is 0 Å². The summed E-state index contributed by atoms with van der Waals surface area (Å²) in [6, 6.07) is 0. The minimum atomic E-state index is 0.503. The molecule has 0 bridgehead atoms. The molecule has 0 aliphatic carbocycles. The fourth-order valence-corrected chi connectivity index (χ4v) is 0.468. The van der Waals surface area contributed by atoms with Gasteiger partial charge in [0.15, 0.2) is 0 Å². The molecule has 0 unspecified atom stereocenters. The smallest absolute Gasteiger partial charge is 0.0478 e. The molecule has 0 heterocycles. The number of nitrogens with zero attached hydrogens (tertiary/aromatic N) is 1. The first-order chi connectivity index (χ1) is 4.35. The molecule has 0 saturated heterocycles. The Morgan fingerprint density at radius 1 is 1.78 bits per heavy atom. The van der Waals surface area contributed by atoms with E-state index in [2.05, 4.69) is 18.5 Å². The van der Waals surface area contributed by atoms with Gasteiger partial charge >= 0.3 is 0 Å². The SMILES string of the molecule is C=CC(CN)=NCCC. The van der Waals surface area contributed by atoms with Crippen LogP contribution in [0.5, 0.6) is 0 Å². The Morgan fingerprint density at radius 3 is 2.78 bits per heavy atom. The second-order valence-corrected chi connectivity index (χ2v) is 1.78. The molecule has 2 nitrogen and oxygen atoms in total. The number of aliphatic imine (C=N–C) groups is 1. The molecule has 0 aliphatic heterocycles. The van der Waals surface area contributed by atoms with Crippen LogP contribution in [0.15, 0.2) is 17.6 Å². The molecule has 0 spiro atoms. The number of rotatable bonds is 4. The summed E-state index contributed by atoms with van der Waals surface area (Å²) in [6.45, 7) is 7.02. The van der Waals surface area contributed by atoms with E-state index >= 15 is 0 Å². The van der Waals surface area contributed by atoms with Crippen LogP contribution in [-0.2, 0) is 0 Å². The van der Waals surface area contributed by atoms with Crippen LogP contribution in [0.1, 0.15) is 13.3 Å². The molecule has 0 fully saturated rings. The largest absolute Gasteiger partial charge is 0.325 e. The third-order valence-electron chi connectivity index (χ3n) is 0.983. The van der Waals surface area contributed by atoms with Crippen LogP contribution in [0.25, 0.3) is 0 Å². The molecule has 9 heavy (non-hydrogen) atoms. The molecule has 0 radical (unpaired) electrons. The maximum atomic E-state index is 5.32. The number of hydrogen-bond acceptors (Lipinski definition) is 2. The lowest BCUT2D eigenvalue weighted by molar-refractivity contribution is 0.929. The van der Waals surface area contributed by atoms with Crippen molar-refractivity contribution >= 4 is 5.71 Å². The van der Waals surface area contributed by atoms with Gasteiger partial charge in [0.1, 0.15) is 0 Å². The van der Waals surface area contributed by atoms with Crippen LogP contribution >= 0.6 is 0 Å². The molecule has 2 heteroatoms. The Hall–Kier alpha value is -0.630. The average Bonchev–Trinajstić information content (AvgIpc) is 1.91. The van der Waals surface area contributed by atoms with E-state index in [-0.39, 0.29) is 0 Å². The van der Waals surface area contributed by atoms with Gasteiger partial charge in [-0.25, -0.2) is 0 Å². The zero-order chi connectivity index (χ0) is 7.11. The van der Waals surface area contributed by atoms with Crippen molar-refractivity contribution in [3.63, 3.8) is 0 Å². The Balaban J connectivity index is 3.61. The Bertz CT molecular complexity index is 105. The first kappa shape index (κ1) is 8.37. The van der Waals surface area contributed by atoms with E-state index in [4.69, 9.17) is 5.73 Å². The van der Waals surface area contributed by atoms with Gasteiger partial charge in [-0.15, -0.1) is 0 Å². The third-order valence-corrected chi connectivity index (χ3v) is 0.983. The molecule has 0 rings (SSSR count). The summed E-state index contributed by atoms with van der Waals surface area (Å²) >= 11 is 0. The quantitative estimate of drug-likeness (QED) is 0.560. The summed E-state index contributed by atoms with van der Waals surface area (Å²) < 4.78 is 0. The van der Waals surface area contributed by atoms with Crippen molar-refractivity contribution in [1.29, 1.82) is 0 Å². The van der Waals surface area contributed by atoms with Gasteiger partial charge in [-0.1, -0.05) is 13.5 Å². The molecular weight excluding hydrogens is 112 g/mol. The highest BCUT2D eigenvalue weighted by Crippen LogP contribution is 1.81. The standard InChI is InChI=1S/C7H14N2/c1-3-5-9-7(4-2)6-8/h4H,2-3,5-6,8H2,1H3. The van der Waals surface area contributed by atoms with E-state index < -0.39 is 0 Å². The first-order valence-corrected chi connectivity index (χ1v) is 3.21. The molecule has 0 amide bonds. The second kappa shape index (κ2) is 5.51. The van der Waals surface area contributed by atoms with Gasteiger partial charge in [-0.05, 0) is 12.5 Å². The Morgan fingerprint density at radius 2 is 2.44 bits per heavy atom. The summed E-state index contributed by atoms with van der Waals surface area (Å²) in [5, 5.41) is 0. The van der Waals surface area contributed by atoms with Crippen LogP contribution in [0.2, 0.25) is 0 Å². The second-order valence-electron chi connectivity index (χ2n) is 1.78. The van der Waals surface area contributed by atoms with E-state index in [9.17, 15) is 0 Å². The maximum absolute atomic E-state index is 5.32. The number of hydrogen-bond donors (Lipinski definition) is 1. The minimum Gasteiger partial charge on any atom is -0.325 e. The van der Waals surface area contributed by atoms with Crippen LogP contribution in [-0.4, -0.2) is 18.8 Å². The zero-order valence-corrected chi connectivity index (χ0v) is 5.93. The molecule has 52 valence electrons. The Labute approximate surface area is 56.5 Å². The lowest BCUT2D eigenvalue weighted by Gasteiger charge is -1.93. The average molecular weight is 126 g/mol. The van der Waals surface area contributed by atoms with E-state index in [1.807, 2.05) is 0 Å².